The molecule has 4 atom stereocenters. The summed E-state index contributed by atoms with van der Waals surface area (Å²) < 4.78 is 0. The first-order valence-electron chi connectivity index (χ1n) is 6.87. The molecule has 2 heteroatoms. The molecular weight excluding hydrogens is 212 g/mol. The smallest absolute Gasteiger partial charge is 0.0935 e. The van der Waals surface area contributed by atoms with Crippen LogP contribution >= 0.6 is 0 Å². The molecule has 17 heavy (non-hydrogen) atoms. The summed E-state index contributed by atoms with van der Waals surface area (Å²) in [5, 5.41) is 20.4. The van der Waals surface area contributed by atoms with E-state index in [1.165, 1.54) is 12.8 Å². The molecule has 0 aromatic carbocycles. The third kappa shape index (κ3) is 1.29. The van der Waals surface area contributed by atoms with Crippen molar-refractivity contribution in [1.82, 2.24) is 0 Å². The van der Waals surface area contributed by atoms with Gasteiger partial charge in [0.25, 0.3) is 0 Å². The summed E-state index contributed by atoms with van der Waals surface area (Å²) in [6.45, 7) is 6.92. The van der Waals surface area contributed by atoms with E-state index in [1.54, 1.807) is 0 Å². The number of fused-ring (bicyclic) bond motifs is 3. The largest absolute Gasteiger partial charge is 0.392 e. The Labute approximate surface area is 104 Å². The van der Waals surface area contributed by atoms with Gasteiger partial charge in [-0.1, -0.05) is 26.8 Å². The summed E-state index contributed by atoms with van der Waals surface area (Å²) >= 11 is 0. The van der Waals surface area contributed by atoms with E-state index in [1.807, 2.05) is 0 Å². The van der Waals surface area contributed by atoms with Crippen LogP contribution in [0, 0.1) is 22.7 Å². The monoisotopic (exact) mass is 236 g/mol. The van der Waals surface area contributed by atoms with E-state index in [0.717, 1.165) is 18.4 Å². The lowest BCUT2D eigenvalue weighted by atomic mass is 9.45. The second kappa shape index (κ2) is 3.16. The molecule has 96 valence electrons. The van der Waals surface area contributed by atoms with Gasteiger partial charge in [0.2, 0.25) is 0 Å². The Hall–Kier alpha value is -0.340. The van der Waals surface area contributed by atoms with Gasteiger partial charge in [0.05, 0.1) is 12.2 Å². The number of aliphatic hydroxyl groups excluding tert-OH is 1. The predicted molar refractivity (Wildman–Crippen MR) is 67.5 cm³/mol. The van der Waals surface area contributed by atoms with Crippen LogP contribution in [0.25, 0.3) is 0 Å². The highest BCUT2D eigenvalue weighted by Gasteiger charge is 2.65. The van der Waals surface area contributed by atoms with Crippen LogP contribution < -0.4 is 0 Å². The molecule has 0 heterocycles. The van der Waals surface area contributed by atoms with Crippen molar-refractivity contribution in [2.45, 2.75) is 52.1 Å². The minimum atomic E-state index is -0.705. The quantitative estimate of drug-likeness (QED) is 0.687. The Balaban J connectivity index is 2.04. The van der Waals surface area contributed by atoms with Crippen LogP contribution in [0.5, 0.6) is 0 Å². The van der Waals surface area contributed by atoms with Gasteiger partial charge in [-0.3, -0.25) is 0 Å². The van der Waals surface area contributed by atoms with Crippen LogP contribution in [-0.2, 0) is 0 Å². The fourth-order valence-corrected chi connectivity index (χ4v) is 4.84. The van der Waals surface area contributed by atoms with Crippen molar-refractivity contribution in [3.8, 4) is 0 Å². The second-order valence-electron chi connectivity index (χ2n) is 7.47. The zero-order valence-electron chi connectivity index (χ0n) is 11.2. The highest BCUT2D eigenvalue weighted by atomic mass is 16.3. The third-order valence-corrected chi connectivity index (χ3v) is 5.96. The average Bonchev–Trinajstić information content (AvgIpc) is 2.56. The van der Waals surface area contributed by atoms with Gasteiger partial charge in [-0.2, -0.15) is 0 Å². The highest BCUT2D eigenvalue weighted by Crippen LogP contribution is 2.67. The van der Waals surface area contributed by atoms with E-state index in [-0.39, 0.29) is 12.0 Å². The van der Waals surface area contributed by atoms with E-state index >= 15 is 0 Å². The van der Waals surface area contributed by atoms with Crippen LogP contribution in [0.1, 0.15) is 46.5 Å². The van der Waals surface area contributed by atoms with Crippen LogP contribution in [0.4, 0.5) is 0 Å². The van der Waals surface area contributed by atoms with E-state index in [0.29, 0.717) is 17.3 Å². The summed E-state index contributed by atoms with van der Waals surface area (Å²) in [5.41, 5.74) is 0.586. The Morgan fingerprint density at radius 3 is 2.47 bits per heavy atom. The van der Waals surface area contributed by atoms with Crippen LogP contribution in [0.15, 0.2) is 11.6 Å². The summed E-state index contributed by atoms with van der Waals surface area (Å²) in [4.78, 5) is 0. The van der Waals surface area contributed by atoms with Crippen molar-refractivity contribution in [1.29, 1.82) is 0 Å². The second-order valence-corrected chi connectivity index (χ2v) is 7.47. The van der Waals surface area contributed by atoms with Gasteiger partial charge in [-0.05, 0) is 48.5 Å². The van der Waals surface area contributed by atoms with Gasteiger partial charge in [-0.15, -0.1) is 0 Å². The first-order chi connectivity index (χ1) is 7.82. The van der Waals surface area contributed by atoms with Gasteiger partial charge < -0.3 is 10.2 Å². The van der Waals surface area contributed by atoms with E-state index in [2.05, 4.69) is 26.8 Å². The molecule has 0 aliphatic heterocycles. The summed E-state index contributed by atoms with van der Waals surface area (Å²) in [6, 6.07) is 0. The molecule has 0 radical (unpaired) electrons. The lowest BCUT2D eigenvalue weighted by Crippen LogP contribution is -2.63. The molecule has 0 amide bonds. The molecule has 0 saturated heterocycles. The molecule has 2 nitrogen and oxygen atoms in total. The SMILES string of the molecule is CC1(C)CC2C=C(CO)C3(O)CCC3(C)C2C1. The molecule has 0 spiro atoms. The standard InChI is InChI=1S/C15H24O2/c1-13(2)7-10-6-11(9-16)15(17)5-4-14(15,3)12(10)8-13/h6,10,12,16-17H,4-5,7-9H2,1-3H3. The molecule has 2 fully saturated rings. The van der Waals surface area contributed by atoms with Gasteiger partial charge in [-0.25, -0.2) is 0 Å². The fourth-order valence-electron chi connectivity index (χ4n) is 4.84. The van der Waals surface area contributed by atoms with E-state index in [4.69, 9.17) is 0 Å². The predicted octanol–water partition coefficient (Wildman–Crippen LogP) is 2.50. The first kappa shape index (κ1) is 11.7. The van der Waals surface area contributed by atoms with Gasteiger partial charge >= 0.3 is 0 Å². The van der Waals surface area contributed by atoms with Crippen molar-refractivity contribution >= 4 is 0 Å². The van der Waals surface area contributed by atoms with Crippen molar-refractivity contribution in [2.24, 2.45) is 22.7 Å². The van der Waals surface area contributed by atoms with Gasteiger partial charge in [0, 0.05) is 5.41 Å². The molecule has 4 unspecified atom stereocenters. The first-order valence-corrected chi connectivity index (χ1v) is 6.87. The highest BCUT2D eigenvalue weighted by molar-refractivity contribution is 5.34. The summed E-state index contributed by atoms with van der Waals surface area (Å²) in [6.07, 6.45) is 6.55. The molecule has 3 rings (SSSR count). The van der Waals surface area contributed by atoms with Crippen molar-refractivity contribution in [3.05, 3.63) is 11.6 Å². The zero-order chi connectivity index (χ0) is 12.5. The molecule has 3 aliphatic carbocycles. The van der Waals surface area contributed by atoms with Crippen molar-refractivity contribution in [2.75, 3.05) is 6.61 Å². The zero-order valence-corrected chi connectivity index (χ0v) is 11.2. The maximum Gasteiger partial charge on any atom is 0.0935 e. The number of allylic oxidation sites excluding steroid dienone is 1. The molecule has 0 bridgehead atoms. The maximum absolute atomic E-state index is 10.8. The van der Waals surface area contributed by atoms with Crippen molar-refractivity contribution in [3.63, 3.8) is 0 Å². The number of rotatable bonds is 1. The minimum absolute atomic E-state index is 0.0122. The maximum atomic E-state index is 10.8. The van der Waals surface area contributed by atoms with E-state index in [9.17, 15) is 10.2 Å². The number of hydrogen-bond acceptors (Lipinski definition) is 2. The Kier molecular flexibility index (Phi) is 2.18. The molecule has 0 aromatic heterocycles. The molecule has 3 aliphatic rings. The van der Waals surface area contributed by atoms with Crippen LogP contribution in [0.2, 0.25) is 0 Å². The third-order valence-electron chi connectivity index (χ3n) is 5.96. The van der Waals surface area contributed by atoms with Gasteiger partial charge in [0.1, 0.15) is 0 Å². The lowest BCUT2D eigenvalue weighted by Gasteiger charge is -2.62. The van der Waals surface area contributed by atoms with E-state index < -0.39 is 5.60 Å². The Bertz CT molecular complexity index is 384. The van der Waals surface area contributed by atoms with Crippen molar-refractivity contribution < 1.29 is 10.2 Å². The normalized spacial score (nSPS) is 51.2. The topological polar surface area (TPSA) is 40.5 Å². The molecule has 2 saturated carbocycles. The number of aliphatic hydroxyl groups is 2. The average molecular weight is 236 g/mol. The number of hydrogen-bond donors (Lipinski definition) is 2. The fraction of sp³-hybridized carbons (Fsp3) is 0.867. The molecular formula is C15H24O2. The molecule has 2 N–H and O–H groups in total. The van der Waals surface area contributed by atoms with Crippen LogP contribution in [-0.4, -0.2) is 22.4 Å². The Morgan fingerprint density at radius 1 is 1.24 bits per heavy atom. The molecule has 0 aromatic rings. The summed E-state index contributed by atoms with van der Waals surface area (Å²) in [7, 11) is 0. The minimum Gasteiger partial charge on any atom is -0.392 e. The van der Waals surface area contributed by atoms with Gasteiger partial charge in [0.15, 0.2) is 0 Å². The summed E-state index contributed by atoms with van der Waals surface area (Å²) in [5.74, 6) is 1.17. The Morgan fingerprint density at radius 2 is 1.94 bits per heavy atom. The van der Waals surface area contributed by atoms with Crippen LogP contribution in [0.3, 0.4) is 0 Å². The lowest BCUT2D eigenvalue weighted by molar-refractivity contribution is -0.176.